The Balaban J connectivity index is 1.76. The molecule has 0 amide bonds. The molecule has 2 aromatic carbocycles. The molecule has 0 spiro atoms. The summed E-state index contributed by atoms with van der Waals surface area (Å²) in [7, 11) is 0. The van der Waals surface area contributed by atoms with Gasteiger partial charge in [0.05, 0.1) is 5.69 Å². The van der Waals surface area contributed by atoms with Crippen molar-refractivity contribution in [3.63, 3.8) is 0 Å². The van der Waals surface area contributed by atoms with E-state index in [0.29, 0.717) is 0 Å². The van der Waals surface area contributed by atoms with Gasteiger partial charge in [0.15, 0.2) is 0 Å². The Morgan fingerprint density at radius 2 is 1.67 bits per heavy atom. The van der Waals surface area contributed by atoms with Crippen LogP contribution in [-0.4, -0.2) is 4.98 Å². The van der Waals surface area contributed by atoms with E-state index in [1.807, 2.05) is 12.1 Å². The summed E-state index contributed by atoms with van der Waals surface area (Å²) in [4.78, 5) is 4.73. The summed E-state index contributed by atoms with van der Waals surface area (Å²) in [6, 6.07) is 21.2. The summed E-state index contributed by atoms with van der Waals surface area (Å²) in [6.45, 7) is 3.89. The lowest BCUT2D eigenvalue weighted by atomic mass is 10.0. The van der Waals surface area contributed by atoms with Crippen LogP contribution in [0.25, 0.3) is 16.8 Å². The summed E-state index contributed by atoms with van der Waals surface area (Å²) in [5, 5.41) is 2.43. The number of benzene rings is 2. The van der Waals surface area contributed by atoms with E-state index < -0.39 is 0 Å². The quantitative estimate of drug-likeness (QED) is 0.633. The maximum atomic E-state index is 4.73. The van der Waals surface area contributed by atoms with Crippen LogP contribution in [-0.2, 0) is 12.8 Å². The van der Waals surface area contributed by atoms with E-state index in [1.54, 1.807) is 0 Å². The monoisotopic (exact) mass is 273 g/mol. The minimum Gasteiger partial charge on any atom is -0.253 e. The molecule has 1 heteroatoms. The Kier molecular flexibility index (Phi) is 4.11. The van der Waals surface area contributed by atoms with Crippen molar-refractivity contribution in [1.29, 1.82) is 0 Å². The third kappa shape index (κ3) is 3.19. The van der Waals surface area contributed by atoms with Crippen molar-refractivity contribution in [3.8, 4) is 0 Å². The maximum absolute atomic E-state index is 4.73. The fourth-order valence-electron chi connectivity index (χ4n) is 2.68. The molecule has 3 rings (SSSR count). The van der Waals surface area contributed by atoms with Gasteiger partial charge in [0, 0.05) is 11.1 Å². The molecule has 1 nitrogen and oxygen atoms in total. The molecule has 0 atom stereocenters. The van der Waals surface area contributed by atoms with E-state index in [2.05, 4.69) is 61.2 Å². The highest BCUT2D eigenvalue weighted by Gasteiger charge is 2.03. The molecule has 21 heavy (non-hydrogen) atoms. The van der Waals surface area contributed by atoms with Gasteiger partial charge in [-0.05, 0) is 42.4 Å². The van der Waals surface area contributed by atoms with Gasteiger partial charge in [-0.2, -0.15) is 0 Å². The molecule has 0 saturated heterocycles. The largest absolute Gasteiger partial charge is 0.253 e. The van der Waals surface area contributed by atoms with Gasteiger partial charge in [-0.25, -0.2) is 0 Å². The summed E-state index contributed by atoms with van der Waals surface area (Å²) >= 11 is 0. The van der Waals surface area contributed by atoms with Crippen LogP contribution in [0.3, 0.4) is 0 Å². The second-order valence-electron chi connectivity index (χ2n) is 5.26. The first kappa shape index (κ1) is 13.6. The molecule has 0 fully saturated rings. The lowest BCUT2D eigenvalue weighted by Crippen LogP contribution is -1.96. The minimum atomic E-state index is 0.989. The van der Waals surface area contributed by atoms with E-state index in [0.717, 1.165) is 30.7 Å². The molecule has 0 radical (unpaired) electrons. The highest BCUT2D eigenvalue weighted by Crippen LogP contribution is 2.20. The first-order valence-electron chi connectivity index (χ1n) is 7.42. The fourth-order valence-corrected chi connectivity index (χ4v) is 2.68. The van der Waals surface area contributed by atoms with E-state index in [-0.39, 0.29) is 0 Å². The third-order valence-corrected chi connectivity index (χ3v) is 3.76. The zero-order valence-electron chi connectivity index (χ0n) is 12.1. The molecule has 3 aromatic rings. The topological polar surface area (TPSA) is 12.9 Å². The summed E-state index contributed by atoms with van der Waals surface area (Å²) in [6.07, 6.45) is 5.06. The average Bonchev–Trinajstić information content (AvgIpc) is 2.55. The Bertz CT molecular complexity index is 744. The zero-order chi connectivity index (χ0) is 14.5. The Morgan fingerprint density at radius 1 is 0.905 bits per heavy atom. The van der Waals surface area contributed by atoms with E-state index in [4.69, 9.17) is 4.98 Å². The zero-order valence-corrected chi connectivity index (χ0v) is 12.1. The lowest BCUT2D eigenvalue weighted by Gasteiger charge is -2.07. The predicted octanol–water partition coefficient (Wildman–Crippen LogP) is 5.05. The molecular formula is C20H19N. The van der Waals surface area contributed by atoms with Gasteiger partial charge in [-0.1, -0.05) is 61.2 Å². The molecule has 0 saturated carbocycles. The molecule has 1 aromatic heterocycles. The molecular weight excluding hydrogens is 254 g/mol. The standard InChI is InChI=1S/C20H19N/c1-2-20-19-14-7-6-12-17(19)15-18(21-20)13-8-11-16-9-4-3-5-10-16/h2-7,9-10,12,14-15H,1,8,11,13H2. The molecule has 0 aliphatic rings. The third-order valence-electron chi connectivity index (χ3n) is 3.76. The molecule has 0 aliphatic carbocycles. The van der Waals surface area contributed by atoms with Crippen molar-refractivity contribution < 1.29 is 0 Å². The number of hydrogen-bond acceptors (Lipinski definition) is 1. The van der Waals surface area contributed by atoms with Crippen LogP contribution in [0.15, 0.2) is 67.2 Å². The number of rotatable bonds is 5. The highest BCUT2D eigenvalue weighted by atomic mass is 14.7. The van der Waals surface area contributed by atoms with Crippen LogP contribution in [0.2, 0.25) is 0 Å². The van der Waals surface area contributed by atoms with Crippen molar-refractivity contribution in [1.82, 2.24) is 4.98 Å². The van der Waals surface area contributed by atoms with Crippen LogP contribution in [0.1, 0.15) is 23.4 Å². The van der Waals surface area contributed by atoms with Gasteiger partial charge in [0.25, 0.3) is 0 Å². The highest BCUT2D eigenvalue weighted by molar-refractivity contribution is 5.89. The Hall–Kier alpha value is -2.41. The van der Waals surface area contributed by atoms with E-state index in [1.165, 1.54) is 16.3 Å². The summed E-state index contributed by atoms with van der Waals surface area (Å²) in [5.41, 5.74) is 3.53. The van der Waals surface area contributed by atoms with Crippen LogP contribution >= 0.6 is 0 Å². The second-order valence-corrected chi connectivity index (χ2v) is 5.26. The predicted molar refractivity (Wildman–Crippen MR) is 90.3 cm³/mol. The Labute approximate surface area is 126 Å². The number of pyridine rings is 1. The van der Waals surface area contributed by atoms with Crippen LogP contribution in [0.5, 0.6) is 0 Å². The van der Waals surface area contributed by atoms with Gasteiger partial charge in [-0.3, -0.25) is 4.98 Å². The number of nitrogens with zero attached hydrogens (tertiary/aromatic N) is 1. The SMILES string of the molecule is C=Cc1nc(CCCc2ccccc2)cc2ccccc12. The van der Waals surface area contributed by atoms with Crippen molar-refractivity contribution in [2.24, 2.45) is 0 Å². The average molecular weight is 273 g/mol. The van der Waals surface area contributed by atoms with Gasteiger partial charge < -0.3 is 0 Å². The summed E-state index contributed by atoms with van der Waals surface area (Å²) < 4.78 is 0. The van der Waals surface area contributed by atoms with Gasteiger partial charge in [0.2, 0.25) is 0 Å². The first-order chi connectivity index (χ1) is 10.4. The van der Waals surface area contributed by atoms with Crippen molar-refractivity contribution in [2.45, 2.75) is 19.3 Å². The molecule has 1 heterocycles. The van der Waals surface area contributed by atoms with Crippen molar-refractivity contribution >= 4 is 16.8 Å². The number of fused-ring (bicyclic) bond motifs is 1. The normalized spacial score (nSPS) is 10.7. The van der Waals surface area contributed by atoms with Crippen LogP contribution in [0, 0.1) is 0 Å². The molecule has 0 bridgehead atoms. The van der Waals surface area contributed by atoms with Crippen molar-refractivity contribution in [3.05, 3.63) is 84.2 Å². The van der Waals surface area contributed by atoms with Crippen LogP contribution < -0.4 is 0 Å². The number of aromatic nitrogens is 1. The molecule has 0 aliphatic heterocycles. The molecule has 104 valence electrons. The minimum absolute atomic E-state index is 0.989. The fraction of sp³-hybridized carbons (Fsp3) is 0.150. The van der Waals surface area contributed by atoms with E-state index in [9.17, 15) is 0 Å². The molecule has 0 N–H and O–H groups in total. The van der Waals surface area contributed by atoms with Gasteiger partial charge in [0.1, 0.15) is 0 Å². The van der Waals surface area contributed by atoms with Gasteiger partial charge >= 0.3 is 0 Å². The Morgan fingerprint density at radius 3 is 2.48 bits per heavy atom. The maximum Gasteiger partial charge on any atom is 0.0705 e. The van der Waals surface area contributed by atoms with Crippen LogP contribution in [0.4, 0.5) is 0 Å². The number of aryl methyl sites for hydroxylation is 2. The number of hydrogen-bond donors (Lipinski definition) is 0. The summed E-state index contributed by atoms with van der Waals surface area (Å²) in [5.74, 6) is 0. The first-order valence-corrected chi connectivity index (χ1v) is 7.42. The molecule has 0 unspecified atom stereocenters. The lowest BCUT2D eigenvalue weighted by molar-refractivity contribution is 0.800. The second kappa shape index (κ2) is 6.36. The van der Waals surface area contributed by atoms with Crippen molar-refractivity contribution in [2.75, 3.05) is 0 Å². The smallest absolute Gasteiger partial charge is 0.0705 e. The van der Waals surface area contributed by atoms with Gasteiger partial charge in [-0.15, -0.1) is 0 Å². The van der Waals surface area contributed by atoms with E-state index >= 15 is 0 Å².